The summed E-state index contributed by atoms with van der Waals surface area (Å²) in [5, 5.41) is 0. The lowest BCUT2D eigenvalue weighted by molar-refractivity contribution is 0.382. The molecule has 0 unspecified atom stereocenters. The van der Waals surface area contributed by atoms with E-state index >= 15 is 0 Å². The first-order valence-electron chi connectivity index (χ1n) is 8.60. The van der Waals surface area contributed by atoms with E-state index in [1.54, 1.807) is 0 Å². The predicted molar refractivity (Wildman–Crippen MR) is 96.9 cm³/mol. The van der Waals surface area contributed by atoms with Gasteiger partial charge in [0.25, 0.3) is 0 Å². The average molecular weight is 312 g/mol. The quantitative estimate of drug-likeness (QED) is 0.509. The molecule has 5 rings (SSSR count). The summed E-state index contributed by atoms with van der Waals surface area (Å²) in [5.74, 6) is 1.98. The maximum absolute atomic E-state index is 6.25. The predicted octanol–water partition coefficient (Wildman–Crippen LogP) is 5.81. The third-order valence-corrected chi connectivity index (χ3v) is 5.74. The molecule has 0 atom stereocenters. The lowest BCUT2D eigenvalue weighted by Crippen LogP contribution is -2.32. The summed E-state index contributed by atoms with van der Waals surface area (Å²) in [4.78, 5) is 0. The molecule has 0 N–H and O–H groups in total. The molecule has 3 aromatic rings. The molecule has 1 aliphatic carbocycles. The Labute approximate surface area is 142 Å². The molecule has 1 nitrogen and oxygen atoms in total. The van der Waals surface area contributed by atoms with Gasteiger partial charge in [0, 0.05) is 11.1 Å². The van der Waals surface area contributed by atoms with Crippen molar-refractivity contribution < 1.29 is 4.74 Å². The second-order valence-electron chi connectivity index (χ2n) is 7.61. The van der Waals surface area contributed by atoms with Crippen LogP contribution in [0.3, 0.4) is 0 Å². The van der Waals surface area contributed by atoms with E-state index in [2.05, 4.69) is 86.6 Å². The summed E-state index contributed by atoms with van der Waals surface area (Å²) >= 11 is 0. The first-order chi connectivity index (χ1) is 11.6. The number of fused-ring (bicyclic) bond motifs is 6. The molecule has 0 bridgehead atoms. The van der Waals surface area contributed by atoms with Crippen molar-refractivity contribution in [1.82, 2.24) is 0 Å². The number of hydrogen-bond acceptors (Lipinski definition) is 1. The lowest BCUT2D eigenvalue weighted by Gasteiger charge is -2.39. The minimum atomic E-state index is -0.120. The number of rotatable bonds is 0. The van der Waals surface area contributed by atoms with Crippen LogP contribution in [0.1, 0.15) is 42.5 Å². The fourth-order valence-electron chi connectivity index (χ4n) is 4.86. The van der Waals surface area contributed by atoms with Crippen molar-refractivity contribution >= 4 is 0 Å². The molecule has 2 aliphatic rings. The molecular weight excluding hydrogens is 292 g/mol. The molecule has 3 aromatic carbocycles. The van der Waals surface area contributed by atoms with Gasteiger partial charge < -0.3 is 4.74 Å². The molecule has 1 spiro atoms. The smallest absolute Gasteiger partial charge is 0.131 e. The maximum Gasteiger partial charge on any atom is 0.131 e. The highest BCUT2D eigenvalue weighted by Crippen LogP contribution is 2.61. The Kier molecular flexibility index (Phi) is 2.60. The Bertz CT molecular complexity index is 906. The van der Waals surface area contributed by atoms with Gasteiger partial charge in [-0.05, 0) is 35.1 Å². The lowest BCUT2D eigenvalue weighted by atomic mass is 9.67. The standard InChI is InChI=1S/C23H20O/c1-22(2)15-23(17-10-4-3-9-16(17)22)18-11-5-7-13-20(18)24-21-14-8-6-12-19(21)23/h3-14H,15H2,1-2H3. The van der Waals surface area contributed by atoms with Crippen molar-refractivity contribution in [2.24, 2.45) is 0 Å². The Hall–Kier alpha value is -2.54. The van der Waals surface area contributed by atoms with Gasteiger partial charge in [0.15, 0.2) is 0 Å². The molecule has 0 amide bonds. The van der Waals surface area contributed by atoms with Crippen LogP contribution >= 0.6 is 0 Å². The largest absolute Gasteiger partial charge is 0.457 e. The molecule has 1 heterocycles. The topological polar surface area (TPSA) is 9.23 Å². The molecule has 118 valence electrons. The molecule has 0 aromatic heterocycles. The number of benzene rings is 3. The molecule has 0 saturated carbocycles. The second-order valence-corrected chi connectivity index (χ2v) is 7.61. The van der Waals surface area contributed by atoms with Crippen molar-refractivity contribution in [1.29, 1.82) is 0 Å². The summed E-state index contributed by atoms with van der Waals surface area (Å²) in [6.45, 7) is 4.72. The number of para-hydroxylation sites is 2. The Morgan fingerprint density at radius 2 is 1.08 bits per heavy atom. The molecule has 1 heteroatoms. The van der Waals surface area contributed by atoms with Crippen LogP contribution in [-0.2, 0) is 10.8 Å². The minimum Gasteiger partial charge on any atom is -0.457 e. The number of ether oxygens (including phenoxy) is 1. The zero-order valence-corrected chi connectivity index (χ0v) is 14.0. The maximum atomic E-state index is 6.25. The molecular formula is C23H20O. The normalized spacial score (nSPS) is 18.4. The van der Waals surface area contributed by atoms with Crippen LogP contribution in [0, 0.1) is 0 Å². The summed E-state index contributed by atoms with van der Waals surface area (Å²) in [5.41, 5.74) is 5.48. The summed E-state index contributed by atoms with van der Waals surface area (Å²) in [7, 11) is 0. The van der Waals surface area contributed by atoms with Crippen LogP contribution < -0.4 is 4.74 Å². The van der Waals surface area contributed by atoms with Crippen LogP contribution in [0.4, 0.5) is 0 Å². The Morgan fingerprint density at radius 3 is 1.67 bits per heavy atom. The second kappa shape index (κ2) is 4.51. The van der Waals surface area contributed by atoms with Gasteiger partial charge in [0.05, 0.1) is 5.41 Å². The molecule has 24 heavy (non-hydrogen) atoms. The SMILES string of the molecule is CC1(C)CC2(c3ccccc3Oc3ccccc32)c2ccccc21. The third kappa shape index (κ3) is 1.60. The van der Waals surface area contributed by atoms with Gasteiger partial charge in [0.2, 0.25) is 0 Å². The third-order valence-electron chi connectivity index (χ3n) is 5.74. The van der Waals surface area contributed by atoms with Crippen LogP contribution in [0.2, 0.25) is 0 Å². The van der Waals surface area contributed by atoms with E-state index in [9.17, 15) is 0 Å². The van der Waals surface area contributed by atoms with E-state index in [0.717, 1.165) is 17.9 Å². The van der Waals surface area contributed by atoms with E-state index in [1.807, 2.05) is 0 Å². The highest BCUT2D eigenvalue weighted by atomic mass is 16.5. The van der Waals surface area contributed by atoms with Gasteiger partial charge in [-0.25, -0.2) is 0 Å². The fraction of sp³-hybridized carbons (Fsp3) is 0.217. The molecule has 0 saturated heterocycles. The van der Waals surface area contributed by atoms with E-state index in [-0.39, 0.29) is 10.8 Å². The zero-order chi connectivity index (χ0) is 16.4. The van der Waals surface area contributed by atoms with Gasteiger partial charge in [-0.15, -0.1) is 0 Å². The van der Waals surface area contributed by atoms with Crippen molar-refractivity contribution in [2.75, 3.05) is 0 Å². The van der Waals surface area contributed by atoms with Crippen LogP contribution in [0.15, 0.2) is 72.8 Å². The highest BCUT2D eigenvalue weighted by molar-refractivity contribution is 5.67. The van der Waals surface area contributed by atoms with Crippen molar-refractivity contribution in [3.8, 4) is 11.5 Å². The van der Waals surface area contributed by atoms with Gasteiger partial charge in [0.1, 0.15) is 11.5 Å². The van der Waals surface area contributed by atoms with Crippen LogP contribution in [0.25, 0.3) is 0 Å². The Balaban J connectivity index is 1.93. The first kappa shape index (κ1) is 13.9. The monoisotopic (exact) mass is 312 g/mol. The van der Waals surface area contributed by atoms with Gasteiger partial charge in [-0.1, -0.05) is 74.5 Å². The highest BCUT2D eigenvalue weighted by Gasteiger charge is 2.53. The van der Waals surface area contributed by atoms with Crippen LogP contribution in [-0.4, -0.2) is 0 Å². The van der Waals surface area contributed by atoms with E-state index < -0.39 is 0 Å². The van der Waals surface area contributed by atoms with E-state index in [1.165, 1.54) is 22.3 Å². The van der Waals surface area contributed by atoms with Crippen LogP contribution in [0.5, 0.6) is 11.5 Å². The Morgan fingerprint density at radius 1 is 0.625 bits per heavy atom. The zero-order valence-electron chi connectivity index (χ0n) is 14.0. The molecule has 1 aliphatic heterocycles. The first-order valence-corrected chi connectivity index (χ1v) is 8.60. The fourth-order valence-corrected chi connectivity index (χ4v) is 4.86. The summed E-state index contributed by atoms with van der Waals surface area (Å²) in [6.07, 6.45) is 1.07. The van der Waals surface area contributed by atoms with Crippen molar-refractivity contribution in [2.45, 2.75) is 31.1 Å². The minimum absolute atomic E-state index is 0.120. The number of hydrogen-bond donors (Lipinski definition) is 0. The summed E-state index contributed by atoms with van der Waals surface area (Å²) < 4.78 is 6.25. The van der Waals surface area contributed by atoms with Gasteiger partial charge in [-0.3, -0.25) is 0 Å². The van der Waals surface area contributed by atoms with Crippen molar-refractivity contribution in [3.05, 3.63) is 95.1 Å². The molecule has 0 radical (unpaired) electrons. The average Bonchev–Trinajstić information content (AvgIpc) is 2.84. The summed E-state index contributed by atoms with van der Waals surface area (Å²) in [6, 6.07) is 26.0. The van der Waals surface area contributed by atoms with Crippen molar-refractivity contribution in [3.63, 3.8) is 0 Å². The van der Waals surface area contributed by atoms with Gasteiger partial charge >= 0.3 is 0 Å². The van der Waals surface area contributed by atoms with Gasteiger partial charge in [-0.2, -0.15) is 0 Å². The van der Waals surface area contributed by atoms with E-state index in [0.29, 0.717) is 0 Å². The molecule has 0 fully saturated rings. The van der Waals surface area contributed by atoms with E-state index in [4.69, 9.17) is 4.74 Å².